The molecule has 2 aliphatic heterocycles. The molecule has 1 fully saturated rings. The highest BCUT2D eigenvalue weighted by Gasteiger charge is 2.31. The van der Waals surface area contributed by atoms with Gasteiger partial charge in [-0.3, -0.25) is 9.80 Å². The summed E-state index contributed by atoms with van der Waals surface area (Å²) in [6, 6.07) is 13.2. The summed E-state index contributed by atoms with van der Waals surface area (Å²) in [5.74, 6) is 0.368. The van der Waals surface area contributed by atoms with Crippen LogP contribution in [-0.4, -0.2) is 42.0 Å². The molecule has 0 aromatic heterocycles. The molecule has 0 unspecified atom stereocenters. The summed E-state index contributed by atoms with van der Waals surface area (Å²) in [6.45, 7) is 13.5. The van der Waals surface area contributed by atoms with E-state index in [-0.39, 0.29) is 5.82 Å². The molecule has 0 N–H and O–H groups in total. The number of benzene rings is 2. The second kappa shape index (κ2) is 8.17. The molecule has 0 bridgehead atoms. The number of halogens is 1. The summed E-state index contributed by atoms with van der Waals surface area (Å²) in [4.78, 5) is 7.57. The van der Waals surface area contributed by atoms with Crippen molar-refractivity contribution in [3.63, 3.8) is 0 Å². The summed E-state index contributed by atoms with van der Waals surface area (Å²) in [5, 5.41) is 0. The van der Waals surface area contributed by atoms with Crippen LogP contribution in [0, 0.1) is 5.82 Å². The molecule has 4 heteroatoms. The van der Waals surface area contributed by atoms with Crippen molar-refractivity contribution < 1.29 is 4.39 Å². The van der Waals surface area contributed by atoms with Crippen LogP contribution in [0.3, 0.4) is 0 Å². The molecular formula is C24H31FN2S. The van der Waals surface area contributed by atoms with E-state index >= 15 is 0 Å². The van der Waals surface area contributed by atoms with Crippen molar-refractivity contribution in [3.05, 3.63) is 58.9 Å². The Hall–Kier alpha value is -1.36. The summed E-state index contributed by atoms with van der Waals surface area (Å²) >= 11 is 1.73. The molecule has 4 rings (SSSR count). The summed E-state index contributed by atoms with van der Waals surface area (Å²) in [6.07, 6.45) is 0.957. The van der Waals surface area contributed by atoms with Crippen molar-refractivity contribution in [1.82, 2.24) is 9.80 Å². The Morgan fingerprint density at radius 2 is 1.68 bits per heavy atom. The van der Waals surface area contributed by atoms with Crippen molar-refractivity contribution in [2.45, 2.75) is 61.9 Å². The van der Waals surface area contributed by atoms with E-state index in [1.807, 2.05) is 6.07 Å². The van der Waals surface area contributed by atoms with Crippen molar-refractivity contribution in [2.75, 3.05) is 26.2 Å². The van der Waals surface area contributed by atoms with Crippen molar-refractivity contribution in [2.24, 2.45) is 0 Å². The molecular weight excluding hydrogens is 367 g/mol. The number of rotatable bonds is 3. The largest absolute Gasteiger partial charge is 0.298 e. The second-order valence-electron chi connectivity index (χ2n) is 8.69. The molecule has 0 saturated carbocycles. The van der Waals surface area contributed by atoms with E-state index < -0.39 is 0 Å². The molecule has 0 amide bonds. The van der Waals surface area contributed by atoms with Crippen molar-refractivity contribution in [1.29, 1.82) is 0 Å². The lowest BCUT2D eigenvalue weighted by molar-refractivity contribution is 0.0768. The first-order valence-corrected chi connectivity index (χ1v) is 11.3. The zero-order chi connectivity index (χ0) is 19.8. The number of hydrogen-bond acceptors (Lipinski definition) is 3. The summed E-state index contributed by atoms with van der Waals surface area (Å²) < 4.78 is 13.9. The number of hydrogen-bond donors (Lipinski definition) is 0. The quantitative estimate of drug-likeness (QED) is 0.652. The van der Waals surface area contributed by atoms with E-state index in [1.54, 1.807) is 23.9 Å². The highest BCUT2D eigenvalue weighted by molar-refractivity contribution is 7.99. The van der Waals surface area contributed by atoms with Gasteiger partial charge in [-0.1, -0.05) is 43.8 Å². The highest BCUT2D eigenvalue weighted by atomic mass is 32.2. The van der Waals surface area contributed by atoms with Crippen molar-refractivity contribution >= 4 is 11.8 Å². The number of piperazine rings is 1. The molecule has 150 valence electrons. The van der Waals surface area contributed by atoms with Gasteiger partial charge in [-0.05, 0) is 61.1 Å². The number of nitrogens with zero attached hydrogens (tertiary/aromatic N) is 2. The SMILES string of the molecule is CC(C)c1ccc2c(c1)[C@H](N1CCN(C(C)C)CC1)Cc1ccc(F)cc1S2. The molecule has 0 aliphatic carbocycles. The first-order valence-electron chi connectivity index (χ1n) is 10.5. The zero-order valence-corrected chi connectivity index (χ0v) is 18.2. The van der Waals surface area contributed by atoms with Gasteiger partial charge in [0.2, 0.25) is 0 Å². The third-order valence-electron chi connectivity index (χ3n) is 6.24. The Morgan fingerprint density at radius 3 is 2.36 bits per heavy atom. The topological polar surface area (TPSA) is 6.48 Å². The van der Waals surface area contributed by atoms with E-state index in [1.165, 1.54) is 21.6 Å². The molecule has 2 aromatic rings. The normalized spacial score (nSPS) is 20.9. The van der Waals surface area contributed by atoms with E-state index in [4.69, 9.17) is 0 Å². The molecule has 28 heavy (non-hydrogen) atoms. The molecule has 0 spiro atoms. The Labute approximate surface area is 173 Å². The monoisotopic (exact) mass is 398 g/mol. The average molecular weight is 399 g/mol. The van der Waals surface area contributed by atoms with Crippen LogP contribution in [-0.2, 0) is 6.42 Å². The third kappa shape index (κ3) is 4.00. The summed E-state index contributed by atoms with van der Waals surface area (Å²) in [5.41, 5.74) is 4.08. The Balaban J connectivity index is 1.72. The van der Waals surface area contributed by atoms with Gasteiger partial charge in [-0.15, -0.1) is 0 Å². The first-order chi connectivity index (χ1) is 13.4. The van der Waals surface area contributed by atoms with E-state index in [2.05, 4.69) is 55.7 Å². The van der Waals surface area contributed by atoms with Gasteiger partial charge in [-0.25, -0.2) is 4.39 Å². The van der Waals surface area contributed by atoms with Gasteiger partial charge in [0.05, 0.1) is 0 Å². The van der Waals surface area contributed by atoms with Crippen molar-refractivity contribution in [3.8, 4) is 0 Å². The lowest BCUT2D eigenvalue weighted by atomic mass is 9.93. The van der Waals surface area contributed by atoms with Gasteiger partial charge in [-0.2, -0.15) is 0 Å². The van der Waals surface area contributed by atoms with Crippen LogP contribution < -0.4 is 0 Å². The van der Waals surface area contributed by atoms with Crippen LogP contribution in [0.1, 0.15) is 56.3 Å². The maximum Gasteiger partial charge on any atom is 0.124 e. The highest BCUT2D eigenvalue weighted by Crippen LogP contribution is 2.44. The molecule has 2 heterocycles. The van der Waals surface area contributed by atoms with Crippen LogP contribution in [0.15, 0.2) is 46.2 Å². The smallest absolute Gasteiger partial charge is 0.124 e. The van der Waals surface area contributed by atoms with Crippen LogP contribution >= 0.6 is 11.8 Å². The van der Waals surface area contributed by atoms with Gasteiger partial charge < -0.3 is 0 Å². The van der Waals surface area contributed by atoms with Crippen LogP contribution in [0.5, 0.6) is 0 Å². The molecule has 2 aliphatic rings. The van der Waals surface area contributed by atoms with Gasteiger partial charge in [0.1, 0.15) is 5.82 Å². The lowest BCUT2D eigenvalue weighted by Crippen LogP contribution is -2.50. The van der Waals surface area contributed by atoms with E-state index in [0.717, 1.165) is 37.5 Å². The fraction of sp³-hybridized carbons (Fsp3) is 0.500. The standard InChI is InChI=1S/C24H31FN2S/c1-16(2)18-6-8-23-21(13-18)22(27-11-9-26(10-12-27)17(3)4)14-19-5-7-20(25)15-24(19)28-23/h5-8,13,15-17,22H,9-12,14H2,1-4H3/t22-/m1/s1. The van der Waals surface area contributed by atoms with Crippen LogP contribution in [0.25, 0.3) is 0 Å². The maximum absolute atomic E-state index is 13.9. The van der Waals surface area contributed by atoms with Gasteiger partial charge in [0, 0.05) is 48.1 Å². The average Bonchev–Trinajstić information content (AvgIpc) is 2.83. The molecule has 0 radical (unpaired) electrons. The first kappa shape index (κ1) is 19.9. The molecule has 1 saturated heterocycles. The second-order valence-corrected chi connectivity index (χ2v) is 9.78. The predicted octanol–water partition coefficient (Wildman–Crippen LogP) is 5.72. The van der Waals surface area contributed by atoms with Crippen LogP contribution in [0.4, 0.5) is 4.39 Å². The zero-order valence-electron chi connectivity index (χ0n) is 17.4. The number of fused-ring (bicyclic) bond motifs is 2. The molecule has 1 atom stereocenters. The Bertz CT molecular complexity index is 840. The van der Waals surface area contributed by atoms with E-state index in [9.17, 15) is 4.39 Å². The minimum Gasteiger partial charge on any atom is -0.298 e. The van der Waals surface area contributed by atoms with Crippen LogP contribution in [0.2, 0.25) is 0 Å². The third-order valence-corrected chi connectivity index (χ3v) is 7.43. The minimum atomic E-state index is -0.143. The van der Waals surface area contributed by atoms with E-state index in [0.29, 0.717) is 18.0 Å². The fourth-order valence-corrected chi connectivity index (χ4v) is 5.54. The summed E-state index contributed by atoms with van der Waals surface area (Å²) in [7, 11) is 0. The molecule has 2 nitrogen and oxygen atoms in total. The fourth-order valence-electron chi connectivity index (χ4n) is 4.40. The van der Waals surface area contributed by atoms with Gasteiger partial charge >= 0.3 is 0 Å². The Kier molecular flexibility index (Phi) is 5.82. The maximum atomic E-state index is 13.9. The molecule has 2 aromatic carbocycles. The Morgan fingerprint density at radius 1 is 0.929 bits per heavy atom. The lowest BCUT2D eigenvalue weighted by Gasteiger charge is -2.41. The van der Waals surface area contributed by atoms with Gasteiger partial charge in [0.15, 0.2) is 0 Å². The minimum absolute atomic E-state index is 0.143. The van der Waals surface area contributed by atoms with Gasteiger partial charge in [0.25, 0.3) is 0 Å². The predicted molar refractivity (Wildman–Crippen MR) is 116 cm³/mol.